The monoisotopic (exact) mass is 366 g/mol. The Morgan fingerprint density at radius 1 is 1.44 bits per heavy atom. The van der Waals surface area contributed by atoms with Crippen molar-refractivity contribution in [2.45, 2.75) is 46.7 Å². The first-order valence-corrected chi connectivity index (χ1v) is 5.96. The third-order valence-corrected chi connectivity index (χ3v) is 2.70. The predicted molar refractivity (Wildman–Crippen MR) is 84.5 cm³/mol. The van der Waals surface area contributed by atoms with Gasteiger partial charge in [-0.15, -0.1) is 24.0 Å². The molecule has 0 aromatic carbocycles. The van der Waals surface area contributed by atoms with Crippen molar-refractivity contribution in [2.75, 3.05) is 7.05 Å². The molecular weight excluding hydrogens is 343 g/mol. The number of aliphatic imine (C=N–C) groups is 1. The number of oxazole rings is 1. The molecule has 0 bridgehead atoms. The number of nitrogens with zero attached hydrogens (tertiary/aromatic N) is 2. The molecule has 0 amide bonds. The number of aryl methyl sites for hydroxylation is 2. The molecule has 0 aliphatic rings. The van der Waals surface area contributed by atoms with Gasteiger partial charge in [0.15, 0.2) is 5.96 Å². The topological polar surface area (TPSA) is 62.5 Å². The fraction of sp³-hybridized carbons (Fsp3) is 0.667. The Kier molecular flexibility index (Phi) is 7.97. The number of guanidine groups is 1. The van der Waals surface area contributed by atoms with Gasteiger partial charge in [0.05, 0.1) is 12.2 Å². The van der Waals surface area contributed by atoms with Crippen LogP contribution in [-0.2, 0) is 6.54 Å². The maximum absolute atomic E-state index is 5.48. The molecule has 1 aromatic heterocycles. The van der Waals surface area contributed by atoms with Gasteiger partial charge in [-0.25, -0.2) is 4.98 Å². The molecule has 0 fully saturated rings. The molecule has 0 saturated heterocycles. The Balaban J connectivity index is 0.00000289. The summed E-state index contributed by atoms with van der Waals surface area (Å²) in [5.41, 5.74) is 0.937. The molecule has 6 heteroatoms. The van der Waals surface area contributed by atoms with Gasteiger partial charge in [0.25, 0.3) is 0 Å². The van der Waals surface area contributed by atoms with Crippen LogP contribution in [0.4, 0.5) is 0 Å². The van der Waals surface area contributed by atoms with E-state index in [9.17, 15) is 0 Å². The highest BCUT2D eigenvalue weighted by Gasteiger charge is 2.07. The lowest BCUT2D eigenvalue weighted by atomic mass is 10.3. The zero-order chi connectivity index (χ0) is 12.8. The number of hydrogen-bond acceptors (Lipinski definition) is 3. The van der Waals surface area contributed by atoms with Crippen LogP contribution in [0.3, 0.4) is 0 Å². The third-order valence-electron chi connectivity index (χ3n) is 2.70. The Labute approximate surface area is 126 Å². The summed E-state index contributed by atoms with van der Waals surface area (Å²) >= 11 is 0. The summed E-state index contributed by atoms with van der Waals surface area (Å²) in [5, 5.41) is 6.45. The summed E-state index contributed by atoms with van der Waals surface area (Å²) in [6.07, 6.45) is 1.05. The average molecular weight is 366 g/mol. The van der Waals surface area contributed by atoms with E-state index in [2.05, 4.69) is 34.5 Å². The van der Waals surface area contributed by atoms with E-state index in [4.69, 9.17) is 4.42 Å². The molecule has 2 N–H and O–H groups in total. The lowest BCUT2D eigenvalue weighted by Gasteiger charge is -2.15. The number of rotatable bonds is 4. The van der Waals surface area contributed by atoms with Gasteiger partial charge >= 0.3 is 0 Å². The number of nitrogens with one attached hydrogen (secondary N) is 2. The second-order valence-corrected chi connectivity index (χ2v) is 4.13. The first kappa shape index (κ1) is 17.2. The Morgan fingerprint density at radius 3 is 2.56 bits per heavy atom. The normalized spacial score (nSPS) is 12.8. The maximum Gasteiger partial charge on any atom is 0.214 e. The second kappa shape index (κ2) is 8.34. The third kappa shape index (κ3) is 5.24. The highest BCUT2D eigenvalue weighted by molar-refractivity contribution is 14.0. The van der Waals surface area contributed by atoms with Crippen molar-refractivity contribution < 1.29 is 4.42 Å². The zero-order valence-electron chi connectivity index (χ0n) is 11.7. The van der Waals surface area contributed by atoms with Gasteiger partial charge in [-0.1, -0.05) is 6.92 Å². The predicted octanol–water partition coefficient (Wildman–Crippen LogP) is 2.37. The molecule has 1 heterocycles. The highest BCUT2D eigenvalue weighted by atomic mass is 127. The van der Waals surface area contributed by atoms with Gasteiger partial charge in [-0.3, -0.25) is 4.99 Å². The highest BCUT2D eigenvalue weighted by Crippen LogP contribution is 2.07. The molecule has 1 atom stereocenters. The number of halogens is 1. The lowest BCUT2D eigenvalue weighted by molar-refractivity contribution is 0.462. The molecule has 1 aromatic rings. The smallest absolute Gasteiger partial charge is 0.214 e. The van der Waals surface area contributed by atoms with E-state index >= 15 is 0 Å². The van der Waals surface area contributed by atoms with Gasteiger partial charge in [-0.05, 0) is 27.2 Å². The fourth-order valence-electron chi connectivity index (χ4n) is 1.30. The summed E-state index contributed by atoms with van der Waals surface area (Å²) in [7, 11) is 1.75. The number of hydrogen-bond donors (Lipinski definition) is 2. The molecule has 5 nitrogen and oxygen atoms in total. The quantitative estimate of drug-likeness (QED) is 0.488. The van der Waals surface area contributed by atoms with Crippen LogP contribution in [0.15, 0.2) is 9.41 Å². The minimum Gasteiger partial charge on any atom is -0.444 e. The van der Waals surface area contributed by atoms with Crippen LogP contribution in [-0.4, -0.2) is 24.0 Å². The Bertz CT molecular complexity index is 370. The van der Waals surface area contributed by atoms with Crippen molar-refractivity contribution in [1.29, 1.82) is 0 Å². The van der Waals surface area contributed by atoms with Crippen molar-refractivity contribution in [3.8, 4) is 0 Å². The van der Waals surface area contributed by atoms with Gasteiger partial charge in [0, 0.05) is 13.1 Å². The molecular formula is C12H23IN4O. The fourth-order valence-corrected chi connectivity index (χ4v) is 1.30. The molecule has 18 heavy (non-hydrogen) atoms. The van der Waals surface area contributed by atoms with Crippen molar-refractivity contribution >= 4 is 29.9 Å². The van der Waals surface area contributed by atoms with E-state index in [-0.39, 0.29) is 24.0 Å². The first-order chi connectivity index (χ1) is 8.06. The number of aromatic nitrogens is 1. The summed E-state index contributed by atoms with van der Waals surface area (Å²) in [4.78, 5) is 8.45. The van der Waals surface area contributed by atoms with Crippen LogP contribution in [0.1, 0.15) is 37.6 Å². The second-order valence-electron chi connectivity index (χ2n) is 4.13. The van der Waals surface area contributed by atoms with E-state index in [1.807, 2.05) is 13.8 Å². The van der Waals surface area contributed by atoms with Gasteiger partial charge in [0.1, 0.15) is 5.76 Å². The standard InChI is InChI=1S/C12H22N4O.HI/c1-6-8(2)15-12(13-5)14-7-11-16-9(3)10(4)17-11;/h8H,6-7H2,1-5H3,(H2,13,14,15);1H. The van der Waals surface area contributed by atoms with Crippen LogP contribution < -0.4 is 10.6 Å². The average Bonchev–Trinajstić information content (AvgIpc) is 2.63. The van der Waals surface area contributed by atoms with Crippen LogP contribution in [0.25, 0.3) is 0 Å². The van der Waals surface area contributed by atoms with Gasteiger partial charge in [-0.2, -0.15) is 0 Å². The Hall–Kier alpha value is -0.790. The molecule has 1 rings (SSSR count). The van der Waals surface area contributed by atoms with Gasteiger partial charge < -0.3 is 15.1 Å². The molecule has 0 spiro atoms. The van der Waals surface area contributed by atoms with Crippen LogP contribution >= 0.6 is 24.0 Å². The minimum atomic E-state index is 0. The summed E-state index contributed by atoms with van der Waals surface area (Å²) in [6, 6.07) is 0.397. The molecule has 0 saturated carbocycles. The van der Waals surface area contributed by atoms with Crippen LogP contribution in [0.2, 0.25) is 0 Å². The maximum atomic E-state index is 5.48. The van der Waals surface area contributed by atoms with E-state index in [1.165, 1.54) is 0 Å². The summed E-state index contributed by atoms with van der Waals surface area (Å²) in [6.45, 7) is 8.65. The van der Waals surface area contributed by atoms with Crippen molar-refractivity contribution in [3.63, 3.8) is 0 Å². The SMILES string of the molecule is CCC(C)NC(=NC)NCc1nc(C)c(C)o1.I. The molecule has 0 aliphatic heterocycles. The largest absolute Gasteiger partial charge is 0.444 e. The molecule has 104 valence electrons. The first-order valence-electron chi connectivity index (χ1n) is 5.96. The van der Waals surface area contributed by atoms with E-state index < -0.39 is 0 Å². The lowest BCUT2D eigenvalue weighted by Crippen LogP contribution is -2.41. The summed E-state index contributed by atoms with van der Waals surface area (Å²) in [5.74, 6) is 2.33. The molecule has 0 radical (unpaired) electrons. The molecule has 0 aliphatic carbocycles. The van der Waals surface area contributed by atoms with Crippen molar-refractivity contribution in [2.24, 2.45) is 4.99 Å². The van der Waals surface area contributed by atoms with Crippen molar-refractivity contribution in [3.05, 3.63) is 17.3 Å². The van der Waals surface area contributed by atoms with Crippen LogP contribution in [0.5, 0.6) is 0 Å². The van der Waals surface area contributed by atoms with Crippen LogP contribution in [0, 0.1) is 13.8 Å². The minimum absolute atomic E-state index is 0. The van der Waals surface area contributed by atoms with Gasteiger partial charge in [0.2, 0.25) is 5.89 Å². The van der Waals surface area contributed by atoms with E-state index in [0.29, 0.717) is 18.5 Å². The Morgan fingerprint density at radius 2 is 2.11 bits per heavy atom. The van der Waals surface area contributed by atoms with Crippen molar-refractivity contribution in [1.82, 2.24) is 15.6 Å². The molecule has 1 unspecified atom stereocenters. The van der Waals surface area contributed by atoms with E-state index in [1.54, 1.807) is 7.05 Å². The van der Waals surface area contributed by atoms with E-state index in [0.717, 1.165) is 23.8 Å². The zero-order valence-corrected chi connectivity index (χ0v) is 14.0. The summed E-state index contributed by atoms with van der Waals surface area (Å²) < 4.78 is 5.48.